The number of nitriles is 2. The number of hydrogen-bond donors (Lipinski definition) is 2. The minimum atomic E-state index is 0.0106. The van der Waals surface area contributed by atoms with Gasteiger partial charge in [0.2, 0.25) is 0 Å². The molecule has 0 aliphatic rings. The summed E-state index contributed by atoms with van der Waals surface area (Å²) in [6.45, 7) is 4.40. The summed E-state index contributed by atoms with van der Waals surface area (Å²) < 4.78 is 10.9. The van der Waals surface area contributed by atoms with Crippen molar-refractivity contribution in [1.29, 1.82) is 10.5 Å². The lowest BCUT2D eigenvalue weighted by atomic mass is 10.1. The first-order valence-electron chi connectivity index (χ1n) is 6.08. The second-order valence-electron chi connectivity index (χ2n) is 3.76. The normalized spacial score (nSPS) is 12.8. The highest BCUT2D eigenvalue weighted by Crippen LogP contribution is 2.09. The number of rotatable bonds is 4. The molecule has 104 valence electrons. The van der Waals surface area contributed by atoms with Gasteiger partial charge in [-0.05, 0) is 26.0 Å². The smallest absolute Gasteiger partial charge is 0.130 e. The Bertz CT molecular complexity index is 634. The highest BCUT2D eigenvalue weighted by molar-refractivity contribution is 5.63. The molecule has 0 aliphatic heterocycles. The predicted molar refractivity (Wildman–Crippen MR) is 74.4 cm³/mol. The summed E-state index contributed by atoms with van der Waals surface area (Å²) in [5, 5.41) is 18.7. The van der Waals surface area contributed by atoms with Gasteiger partial charge in [0, 0.05) is 0 Å². The van der Waals surface area contributed by atoms with Gasteiger partial charge in [-0.15, -0.1) is 0 Å². The third kappa shape index (κ3) is 3.12. The topological polar surface area (TPSA) is 118 Å². The van der Waals surface area contributed by atoms with E-state index in [4.69, 9.17) is 31.5 Å². The van der Waals surface area contributed by atoms with Crippen LogP contribution < -0.4 is 31.4 Å². The van der Waals surface area contributed by atoms with Gasteiger partial charge in [-0.3, -0.25) is 0 Å². The van der Waals surface area contributed by atoms with Gasteiger partial charge >= 0.3 is 0 Å². The third-order valence-corrected chi connectivity index (χ3v) is 2.50. The molecule has 6 nitrogen and oxygen atoms in total. The summed E-state index contributed by atoms with van der Waals surface area (Å²) in [7, 11) is 0. The molecule has 0 bridgehead atoms. The van der Waals surface area contributed by atoms with Crippen LogP contribution in [-0.2, 0) is 0 Å². The van der Waals surface area contributed by atoms with Crippen molar-refractivity contribution >= 4 is 11.4 Å². The number of hydrogen-bond acceptors (Lipinski definition) is 6. The van der Waals surface area contributed by atoms with E-state index in [2.05, 4.69) is 0 Å². The van der Waals surface area contributed by atoms with Crippen LogP contribution in [0.5, 0.6) is 11.5 Å². The number of nitrogens with two attached hydrogens (primary N) is 2. The fraction of sp³-hybridized carbons (Fsp3) is 0.286. The zero-order chi connectivity index (χ0) is 15.1. The van der Waals surface area contributed by atoms with E-state index in [1.165, 1.54) is 0 Å². The summed E-state index contributed by atoms with van der Waals surface area (Å²) in [4.78, 5) is 0. The van der Waals surface area contributed by atoms with E-state index < -0.39 is 0 Å². The van der Waals surface area contributed by atoms with E-state index in [9.17, 15) is 0 Å². The van der Waals surface area contributed by atoms with Crippen LogP contribution in [0.15, 0.2) is 12.1 Å². The van der Waals surface area contributed by atoms with E-state index in [1.54, 1.807) is 26.0 Å². The minimum absolute atomic E-state index is 0.0106. The Hall–Kier alpha value is -2.86. The molecular weight excluding hydrogens is 256 g/mol. The van der Waals surface area contributed by atoms with E-state index >= 15 is 0 Å². The van der Waals surface area contributed by atoms with Crippen molar-refractivity contribution in [2.45, 2.75) is 13.8 Å². The largest absolute Gasteiger partial charge is 0.493 e. The van der Waals surface area contributed by atoms with E-state index in [0.29, 0.717) is 35.2 Å². The van der Waals surface area contributed by atoms with Crippen molar-refractivity contribution in [2.24, 2.45) is 11.5 Å². The lowest BCUT2D eigenvalue weighted by Crippen LogP contribution is -2.23. The van der Waals surface area contributed by atoms with Crippen molar-refractivity contribution in [3.8, 4) is 23.6 Å². The average molecular weight is 272 g/mol. The van der Waals surface area contributed by atoms with Crippen LogP contribution in [0.4, 0.5) is 0 Å². The van der Waals surface area contributed by atoms with Gasteiger partial charge in [0.15, 0.2) is 0 Å². The maximum atomic E-state index is 8.94. The lowest BCUT2D eigenvalue weighted by Gasteiger charge is -2.10. The molecule has 0 unspecified atom stereocenters. The Balaban J connectivity index is 3.81. The van der Waals surface area contributed by atoms with Crippen LogP contribution in [0.3, 0.4) is 0 Å². The van der Waals surface area contributed by atoms with Gasteiger partial charge in [0.25, 0.3) is 0 Å². The SMILES string of the molecule is CCOc1c/c(=C(/N)C#N)c(OCC)c/c1=C(/N)C#N. The van der Waals surface area contributed by atoms with Gasteiger partial charge in [-0.2, -0.15) is 10.5 Å². The van der Waals surface area contributed by atoms with Crippen LogP contribution in [0.2, 0.25) is 0 Å². The van der Waals surface area contributed by atoms with Crippen LogP contribution >= 0.6 is 0 Å². The molecule has 1 rings (SSSR count). The summed E-state index contributed by atoms with van der Waals surface area (Å²) in [6, 6.07) is 6.86. The molecule has 0 saturated carbocycles. The average Bonchev–Trinajstić information content (AvgIpc) is 2.47. The monoisotopic (exact) mass is 272 g/mol. The third-order valence-electron chi connectivity index (χ3n) is 2.50. The van der Waals surface area contributed by atoms with Crippen molar-refractivity contribution in [2.75, 3.05) is 13.2 Å². The Morgan fingerprint density at radius 2 is 1.30 bits per heavy atom. The minimum Gasteiger partial charge on any atom is -0.493 e. The number of nitrogens with zero attached hydrogens (tertiary/aromatic N) is 2. The fourth-order valence-electron chi connectivity index (χ4n) is 1.65. The van der Waals surface area contributed by atoms with Crippen LogP contribution in [-0.4, -0.2) is 13.2 Å². The first-order valence-corrected chi connectivity index (χ1v) is 6.08. The zero-order valence-corrected chi connectivity index (χ0v) is 11.4. The van der Waals surface area contributed by atoms with Gasteiger partial charge in [-0.25, -0.2) is 0 Å². The van der Waals surface area contributed by atoms with Gasteiger partial charge in [-0.1, -0.05) is 0 Å². The van der Waals surface area contributed by atoms with Gasteiger partial charge in [0.05, 0.1) is 23.7 Å². The molecule has 0 radical (unpaired) electrons. The molecule has 0 aliphatic carbocycles. The molecule has 0 heterocycles. The zero-order valence-electron chi connectivity index (χ0n) is 11.4. The van der Waals surface area contributed by atoms with Gasteiger partial charge < -0.3 is 20.9 Å². The maximum absolute atomic E-state index is 8.94. The Labute approximate surface area is 117 Å². The molecule has 20 heavy (non-hydrogen) atoms. The molecule has 1 aromatic carbocycles. The Morgan fingerprint density at radius 3 is 1.55 bits per heavy atom. The summed E-state index contributed by atoms with van der Waals surface area (Å²) >= 11 is 0. The Morgan fingerprint density at radius 1 is 0.950 bits per heavy atom. The quantitative estimate of drug-likeness (QED) is 0.774. The summed E-state index contributed by atoms with van der Waals surface area (Å²) in [5.41, 5.74) is 11.4. The highest BCUT2D eigenvalue weighted by atomic mass is 16.5. The van der Waals surface area contributed by atoms with E-state index in [1.807, 2.05) is 12.1 Å². The van der Waals surface area contributed by atoms with Crippen LogP contribution in [0.1, 0.15) is 13.8 Å². The van der Waals surface area contributed by atoms with E-state index in [0.717, 1.165) is 0 Å². The van der Waals surface area contributed by atoms with Crippen LogP contribution in [0.25, 0.3) is 11.4 Å². The molecule has 1 aromatic rings. The Kier molecular flexibility index (Phi) is 5.25. The second kappa shape index (κ2) is 6.91. The molecule has 0 fully saturated rings. The molecule has 0 spiro atoms. The maximum Gasteiger partial charge on any atom is 0.130 e. The van der Waals surface area contributed by atoms with E-state index in [-0.39, 0.29) is 11.4 Å². The molecule has 0 aromatic heterocycles. The summed E-state index contributed by atoms with van der Waals surface area (Å²) in [6.07, 6.45) is 0. The van der Waals surface area contributed by atoms with Crippen molar-refractivity contribution in [1.82, 2.24) is 0 Å². The van der Waals surface area contributed by atoms with Crippen molar-refractivity contribution in [3.05, 3.63) is 22.6 Å². The number of benzene rings is 1. The molecule has 0 saturated heterocycles. The van der Waals surface area contributed by atoms with Crippen molar-refractivity contribution in [3.63, 3.8) is 0 Å². The first kappa shape index (κ1) is 15.2. The predicted octanol–water partition coefficient (Wildman–Crippen LogP) is -0.335. The molecule has 0 atom stereocenters. The second-order valence-corrected chi connectivity index (χ2v) is 3.76. The fourth-order valence-corrected chi connectivity index (χ4v) is 1.65. The molecule has 4 N–H and O–H groups in total. The molecule has 6 heteroatoms. The number of ether oxygens (including phenoxy) is 2. The highest BCUT2D eigenvalue weighted by Gasteiger charge is 2.08. The standard InChI is InChI=1S/C14H16N4O2/c1-3-19-13-5-10(12(18)8-16)14(20-4-2)6-9(13)11(17)7-15/h5-6H,3-4,17-18H2,1-2H3/b11-9-,12-10-. The molecule has 0 amide bonds. The lowest BCUT2D eigenvalue weighted by molar-refractivity contribution is 0.326. The van der Waals surface area contributed by atoms with Crippen molar-refractivity contribution < 1.29 is 9.47 Å². The van der Waals surface area contributed by atoms with Gasteiger partial charge in [0.1, 0.15) is 35.0 Å². The summed E-state index contributed by atoms with van der Waals surface area (Å²) in [5.74, 6) is 0.784. The van der Waals surface area contributed by atoms with Crippen LogP contribution in [0, 0.1) is 22.7 Å². The molecular formula is C14H16N4O2. The first-order chi connectivity index (χ1) is 9.58.